The molecule has 0 spiro atoms. The lowest BCUT2D eigenvalue weighted by Gasteiger charge is -2.19. The lowest BCUT2D eigenvalue weighted by molar-refractivity contribution is 0.465. The number of benzene rings is 1. The minimum absolute atomic E-state index is 0.617. The van der Waals surface area contributed by atoms with Crippen LogP contribution < -0.4 is 5.32 Å². The Hall–Kier alpha value is -0.470. The molecule has 0 heterocycles. The maximum atomic E-state index is 3.39. The fourth-order valence-corrected chi connectivity index (χ4v) is 3.39. The predicted octanol–water partition coefficient (Wildman–Crippen LogP) is 3.78. The van der Waals surface area contributed by atoms with Crippen LogP contribution in [-0.4, -0.2) is 18.8 Å². The molecule has 0 saturated heterocycles. The highest BCUT2D eigenvalue weighted by atomic mass is 32.2. The summed E-state index contributed by atoms with van der Waals surface area (Å²) in [6.45, 7) is 8.90. The van der Waals surface area contributed by atoms with E-state index in [0.717, 1.165) is 5.75 Å². The Kier molecular flexibility index (Phi) is 6.07. The molecule has 1 aromatic carbocycles. The number of hydrogen-bond donors (Lipinski definition) is 1. The van der Waals surface area contributed by atoms with E-state index in [4.69, 9.17) is 0 Å². The minimum atomic E-state index is 0.617. The van der Waals surface area contributed by atoms with Crippen LogP contribution in [0.3, 0.4) is 0 Å². The Morgan fingerprint density at radius 3 is 2.18 bits per heavy atom. The van der Waals surface area contributed by atoms with Crippen LogP contribution in [0, 0.1) is 19.8 Å². The molecule has 1 N–H and O–H groups in total. The zero-order valence-corrected chi connectivity index (χ0v) is 12.5. The van der Waals surface area contributed by atoms with Gasteiger partial charge in [-0.05, 0) is 32.4 Å². The molecule has 0 aliphatic rings. The van der Waals surface area contributed by atoms with Gasteiger partial charge in [0.2, 0.25) is 0 Å². The number of thioether (sulfide) groups is 1. The van der Waals surface area contributed by atoms with Crippen molar-refractivity contribution in [3.05, 3.63) is 34.9 Å². The highest BCUT2D eigenvalue weighted by Crippen LogP contribution is 2.18. The van der Waals surface area contributed by atoms with Gasteiger partial charge in [0, 0.05) is 17.5 Å². The SMILES string of the molecule is CNC(CSCc1cc(C)cc(C)c1)C(C)C. The first-order valence-electron chi connectivity index (χ1n) is 6.35. The van der Waals surface area contributed by atoms with E-state index in [1.54, 1.807) is 0 Å². The van der Waals surface area contributed by atoms with Gasteiger partial charge < -0.3 is 5.32 Å². The smallest absolute Gasteiger partial charge is 0.0185 e. The number of hydrogen-bond acceptors (Lipinski definition) is 2. The summed E-state index contributed by atoms with van der Waals surface area (Å²) in [6, 6.07) is 7.44. The maximum absolute atomic E-state index is 3.39. The van der Waals surface area contributed by atoms with Gasteiger partial charge in [0.15, 0.2) is 0 Å². The molecule has 0 fully saturated rings. The van der Waals surface area contributed by atoms with Crippen molar-refractivity contribution in [2.24, 2.45) is 5.92 Å². The molecule has 17 heavy (non-hydrogen) atoms. The summed E-state index contributed by atoms with van der Waals surface area (Å²) in [6.07, 6.45) is 0. The average Bonchev–Trinajstić information content (AvgIpc) is 2.22. The summed E-state index contributed by atoms with van der Waals surface area (Å²) < 4.78 is 0. The molecule has 1 nitrogen and oxygen atoms in total. The summed E-state index contributed by atoms with van der Waals surface area (Å²) in [5.41, 5.74) is 4.19. The van der Waals surface area contributed by atoms with Crippen molar-refractivity contribution in [3.8, 4) is 0 Å². The summed E-state index contributed by atoms with van der Waals surface area (Å²) in [5.74, 6) is 3.00. The highest BCUT2D eigenvalue weighted by Gasteiger charge is 2.10. The Morgan fingerprint density at radius 1 is 1.12 bits per heavy atom. The van der Waals surface area contributed by atoms with E-state index in [9.17, 15) is 0 Å². The second-order valence-corrected chi connectivity index (χ2v) is 6.18. The van der Waals surface area contributed by atoms with Crippen LogP contribution in [0.4, 0.5) is 0 Å². The fourth-order valence-electron chi connectivity index (χ4n) is 2.07. The van der Waals surface area contributed by atoms with Crippen molar-refractivity contribution in [2.45, 2.75) is 39.5 Å². The Morgan fingerprint density at radius 2 is 1.71 bits per heavy atom. The topological polar surface area (TPSA) is 12.0 Å². The number of aryl methyl sites for hydroxylation is 2. The normalized spacial score (nSPS) is 13.1. The van der Waals surface area contributed by atoms with Gasteiger partial charge in [0.05, 0.1) is 0 Å². The van der Waals surface area contributed by atoms with E-state index in [-0.39, 0.29) is 0 Å². The first-order valence-corrected chi connectivity index (χ1v) is 7.50. The Labute approximate surface area is 110 Å². The molecule has 0 radical (unpaired) electrons. The van der Waals surface area contributed by atoms with Gasteiger partial charge in [-0.25, -0.2) is 0 Å². The van der Waals surface area contributed by atoms with Crippen molar-refractivity contribution < 1.29 is 0 Å². The molecule has 0 aliphatic carbocycles. The maximum Gasteiger partial charge on any atom is 0.0185 e. The van der Waals surface area contributed by atoms with Gasteiger partial charge in [0.25, 0.3) is 0 Å². The molecular formula is C15H25NS. The van der Waals surface area contributed by atoms with Gasteiger partial charge >= 0.3 is 0 Å². The van der Waals surface area contributed by atoms with Gasteiger partial charge in [-0.15, -0.1) is 0 Å². The second-order valence-electron chi connectivity index (χ2n) is 5.15. The molecule has 1 unspecified atom stereocenters. The van der Waals surface area contributed by atoms with Gasteiger partial charge in [-0.1, -0.05) is 43.2 Å². The molecule has 0 bridgehead atoms. The van der Waals surface area contributed by atoms with Crippen molar-refractivity contribution in [1.82, 2.24) is 5.32 Å². The van der Waals surface area contributed by atoms with E-state index < -0.39 is 0 Å². The van der Waals surface area contributed by atoms with Crippen LogP contribution in [0.1, 0.15) is 30.5 Å². The third-order valence-electron chi connectivity index (χ3n) is 3.02. The highest BCUT2D eigenvalue weighted by molar-refractivity contribution is 7.98. The fraction of sp³-hybridized carbons (Fsp3) is 0.600. The summed E-state index contributed by atoms with van der Waals surface area (Å²) in [7, 11) is 2.06. The van der Waals surface area contributed by atoms with Gasteiger partial charge in [0.1, 0.15) is 0 Å². The van der Waals surface area contributed by atoms with E-state index in [1.807, 2.05) is 11.8 Å². The van der Waals surface area contributed by atoms with E-state index in [0.29, 0.717) is 12.0 Å². The summed E-state index contributed by atoms with van der Waals surface area (Å²) in [5, 5.41) is 3.39. The zero-order chi connectivity index (χ0) is 12.8. The van der Waals surface area contributed by atoms with E-state index in [1.165, 1.54) is 22.4 Å². The zero-order valence-electron chi connectivity index (χ0n) is 11.7. The van der Waals surface area contributed by atoms with E-state index >= 15 is 0 Å². The number of nitrogens with one attached hydrogen (secondary N) is 1. The molecular weight excluding hydrogens is 226 g/mol. The molecule has 0 aromatic heterocycles. The lowest BCUT2D eigenvalue weighted by atomic mass is 10.1. The molecule has 96 valence electrons. The molecule has 0 aliphatic heterocycles. The third-order valence-corrected chi connectivity index (χ3v) is 4.16. The molecule has 1 atom stereocenters. The van der Waals surface area contributed by atoms with Crippen molar-refractivity contribution >= 4 is 11.8 Å². The molecule has 0 amide bonds. The third kappa shape index (κ3) is 5.13. The van der Waals surface area contributed by atoms with Crippen molar-refractivity contribution in [2.75, 3.05) is 12.8 Å². The van der Waals surface area contributed by atoms with Crippen LogP contribution in [0.25, 0.3) is 0 Å². The van der Waals surface area contributed by atoms with Crippen LogP contribution >= 0.6 is 11.8 Å². The van der Waals surface area contributed by atoms with Crippen LogP contribution in [0.5, 0.6) is 0 Å². The predicted molar refractivity (Wildman–Crippen MR) is 79.8 cm³/mol. The summed E-state index contributed by atoms with van der Waals surface area (Å²) >= 11 is 2.02. The minimum Gasteiger partial charge on any atom is -0.316 e. The average molecular weight is 251 g/mol. The van der Waals surface area contributed by atoms with Crippen LogP contribution in [0.2, 0.25) is 0 Å². The Bertz CT molecular complexity index is 327. The summed E-state index contributed by atoms with van der Waals surface area (Å²) in [4.78, 5) is 0. The standard InChI is InChI=1S/C15H25NS/c1-11(2)15(16-5)10-17-9-14-7-12(3)6-13(4)8-14/h6-8,11,15-16H,9-10H2,1-5H3. The Balaban J connectivity index is 2.45. The first kappa shape index (κ1) is 14.6. The van der Waals surface area contributed by atoms with E-state index in [2.05, 4.69) is 58.3 Å². The van der Waals surface area contributed by atoms with Crippen LogP contribution in [0.15, 0.2) is 18.2 Å². The molecule has 1 aromatic rings. The second kappa shape index (κ2) is 7.07. The monoisotopic (exact) mass is 251 g/mol. The van der Waals surface area contributed by atoms with Crippen molar-refractivity contribution in [1.29, 1.82) is 0 Å². The lowest BCUT2D eigenvalue weighted by Crippen LogP contribution is -2.32. The van der Waals surface area contributed by atoms with Crippen molar-refractivity contribution in [3.63, 3.8) is 0 Å². The first-order chi connectivity index (χ1) is 8.02. The number of rotatable bonds is 6. The largest absolute Gasteiger partial charge is 0.316 e. The quantitative estimate of drug-likeness (QED) is 0.826. The van der Waals surface area contributed by atoms with Gasteiger partial charge in [-0.2, -0.15) is 11.8 Å². The van der Waals surface area contributed by atoms with Gasteiger partial charge in [-0.3, -0.25) is 0 Å². The molecule has 2 heteroatoms. The molecule has 1 rings (SSSR count). The molecule has 0 saturated carbocycles. The van der Waals surface area contributed by atoms with Crippen LogP contribution in [-0.2, 0) is 5.75 Å².